The van der Waals surface area contributed by atoms with Crippen LogP contribution in [-0.4, -0.2) is 23.0 Å². The quantitative estimate of drug-likeness (QED) is 0.802. The Balaban J connectivity index is 1.93. The molecular weight excluding hydrogens is 258 g/mol. The smallest absolute Gasteiger partial charge is 0.303 e. The average molecular weight is 279 g/mol. The van der Waals surface area contributed by atoms with E-state index in [1.54, 1.807) is 0 Å². The van der Waals surface area contributed by atoms with E-state index >= 15 is 0 Å². The molecule has 1 amide bonds. The van der Waals surface area contributed by atoms with Gasteiger partial charge in [0.05, 0.1) is 0 Å². The van der Waals surface area contributed by atoms with Gasteiger partial charge < -0.3 is 14.8 Å². The van der Waals surface area contributed by atoms with Crippen molar-refractivity contribution < 1.29 is 19.1 Å². The van der Waals surface area contributed by atoms with Crippen LogP contribution in [0.15, 0.2) is 16.5 Å². The summed E-state index contributed by atoms with van der Waals surface area (Å²) < 4.78 is 5.80. The first-order chi connectivity index (χ1) is 9.45. The maximum absolute atomic E-state index is 11.2. The fourth-order valence-corrected chi connectivity index (χ4v) is 2.48. The van der Waals surface area contributed by atoms with Crippen molar-refractivity contribution in [1.82, 2.24) is 5.32 Å². The Morgan fingerprint density at radius 1 is 1.50 bits per heavy atom. The predicted octanol–water partition coefficient (Wildman–Crippen LogP) is 2.32. The van der Waals surface area contributed by atoms with E-state index in [0.717, 1.165) is 11.5 Å². The lowest BCUT2D eigenvalue weighted by Crippen LogP contribution is -2.35. The predicted molar refractivity (Wildman–Crippen MR) is 73.4 cm³/mol. The minimum atomic E-state index is -0.854. The molecule has 0 aliphatic heterocycles. The SMILES string of the molecule is CC(=O)NC(CCC(=O)O)Cc1ccc(C2CC2C)o1. The van der Waals surface area contributed by atoms with Crippen molar-refractivity contribution in [3.63, 3.8) is 0 Å². The molecule has 110 valence electrons. The number of aliphatic carboxylic acids is 1. The van der Waals surface area contributed by atoms with Gasteiger partial charge in [0.15, 0.2) is 0 Å². The number of carbonyl (C=O) groups is 2. The third-order valence-electron chi connectivity index (χ3n) is 3.72. The Hall–Kier alpha value is -1.78. The molecule has 0 radical (unpaired) electrons. The minimum Gasteiger partial charge on any atom is -0.481 e. The van der Waals surface area contributed by atoms with Gasteiger partial charge in [0.1, 0.15) is 11.5 Å². The molecule has 0 bridgehead atoms. The molecule has 1 heterocycles. The van der Waals surface area contributed by atoms with Gasteiger partial charge in [-0.15, -0.1) is 0 Å². The molecule has 2 rings (SSSR count). The highest BCUT2D eigenvalue weighted by molar-refractivity contribution is 5.73. The largest absolute Gasteiger partial charge is 0.481 e. The highest BCUT2D eigenvalue weighted by atomic mass is 16.4. The summed E-state index contributed by atoms with van der Waals surface area (Å²) in [7, 11) is 0. The molecule has 0 aromatic carbocycles. The number of rotatable bonds is 7. The first kappa shape index (κ1) is 14.6. The van der Waals surface area contributed by atoms with E-state index in [1.807, 2.05) is 12.1 Å². The number of furan rings is 1. The van der Waals surface area contributed by atoms with E-state index in [-0.39, 0.29) is 18.4 Å². The normalized spacial score (nSPS) is 22.3. The summed E-state index contributed by atoms with van der Waals surface area (Å²) in [6.07, 6.45) is 2.15. The van der Waals surface area contributed by atoms with Crippen molar-refractivity contribution in [2.45, 2.75) is 51.5 Å². The average Bonchev–Trinajstić information content (AvgIpc) is 2.89. The lowest BCUT2D eigenvalue weighted by atomic mass is 10.1. The second-order valence-electron chi connectivity index (χ2n) is 5.66. The molecule has 0 saturated heterocycles. The first-order valence-electron chi connectivity index (χ1n) is 7.03. The van der Waals surface area contributed by atoms with Crippen LogP contribution in [-0.2, 0) is 16.0 Å². The summed E-state index contributed by atoms with van der Waals surface area (Å²) in [6.45, 7) is 3.63. The fraction of sp³-hybridized carbons (Fsp3) is 0.600. The fourth-order valence-electron chi connectivity index (χ4n) is 2.48. The number of hydrogen-bond acceptors (Lipinski definition) is 3. The van der Waals surface area contributed by atoms with Gasteiger partial charge >= 0.3 is 5.97 Å². The maximum atomic E-state index is 11.2. The molecule has 5 nitrogen and oxygen atoms in total. The van der Waals surface area contributed by atoms with E-state index in [4.69, 9.17) is 9.52 Å². The Bertz CT molecular complexity index is 494. The first-order valence-corrected chi connectivity index (χ1v) is 7.03. The van der Waals surface area contributed by atoms with Gasteiger partial charge in [-0.2, -0.15) is 0 Å². The van der Waals surface area contributed by atoms with E-state index < -0.39 is 5.97 Å². The molecule has 0 spiro atoms. The number of carboxylic acids is 1. The summed E-state index contributed by atoms with van der Waals surface area (Å²) in [5.41, 5.74) is 0. The second kappa shape index (κ2) is 6.11. The third-order valence-corrected chi connectivity index (χ3v) is 3.72. The summed E-state index contributed by atoms with van der Waals surface area (Å²) in [5, 5.41) is 11.5. The Labute approximate surface area is 118 Å². The van der Waals surface area contributed by atoms with Gasteiger partial charge in [-0.3, -0.25) is 9.59 Å². The minimum absolute atomic E-state index is 0.0399. The van der Waals surface area contributed by atoms with Gasteiger partial charge in [0.25, 0.3) is 0 Å². The van der Waals surface area contributed by atoms with Crippen molar-refractivity contribution >= 4 is 11.9 Å². The number of nitrogens with one attached hydrogen (secondary N) is 1. The maximum Gasteiger partial charge on any atom is 0.303 e. The van der Waals surface area contributed by atoms with Crippen molar-refractivity contribution in [1.29, 1.82) is 0 Å². The van der Waals surface area contributed by atoms with E-state index in [2.05, 4.69) is 12.2 Å². The van der Waals surface area contributed by atoms with Crippen LogP contribution in [0, 0.1) is 5.92 Å². The van der Waals surface area contributed by atoms with Crippen molar-refractivity contribution in [3.8, 4) is 0 Å². The standard InChI is InChI=1S/C15H21NO4/c1-9-7-13(9)14-5-4-12(20-14)8-11(16-10(2)17)3-6-15(18)19/h4-5,9,11,13H,3,6-8H2,1-2H3,(H,16,17)(H,18,19). The lowest BCUT2D eigenvalue weighted by Gasteiger charge is -2.15. The van der Waals surface area contributed by atoms with Gasteiger partial charge in [0.2, 0.25) is 5.91 Å². The molecule has 5 heteroatoms. The van der Waals surface area contributed by atoms with Crippen LogP contribution in [0.4, 0.5) is 0 Å². The monoisotopic (exact) mass is 279 g/mol. The van der Waals surface area contributed by atoms with Crippen molar-refractivity contribution in [2.75, 3.05) is 0 Å². The lowest BCUT2D eigenvalue weighted by molar-refractivity contribution is -0.137. The van der Waals surface area contributed by atoms with Gasteiger partial charge in [-0.1, -0.05) is 6.92 Å². The zero-order valence-corrected chi connectivity index (χ0v) is 11.9. The van der Waals surface area contributed by atoms with E-state index in [0.29, 0.717) is 24.7 Å². The summed E-state index contributed by atoms with van der Waals surface area (Å²) in [4.78, 5) is 21.8. The molecular formula is C15H21NO4. The van der Waals surface area contributed by atoms with Crippen molar-refractivity contribution in [3.05, 3.63) is 23.7 Å². The van der Waals surface area contributed by atoms with Crippen LogP contribution in [0.5, 0.6) is 0 Å². The Morgan fingerprint density at radius 3 is 2.75 bits per heavy atom. The van der Waals surface area contributed by atoms with Crippen LogP contribution < -0.4 is 5.32 Å². The number of amides is 1. The van der Waals surface area contributed by atoms with E-state index in [1.165, 1.54) is 13.3 Å². The molecule has 2 N–H and O–H groups in total. The number of hydrogen-bond donors (Lipinski definition) is 2. The zero-order chi connectivity index (χ0) is 14.7. The van der Waals surface area contributed by atoms with Gasteiger partial charge in [-0.25, -0.2) is 0 Å². The molecule has 3 atom stereocenters. The Kier molecular flexibility index (Phi) is 4.47. The molecule has 1 aliphatic carbocycles. The van der Waals surface area contributed by atoms with Gasteiger partial charge in [-0.05, 0) is 30.9 Å². The topological polar surface area (TPSA) is 79.5 Å². The van der Waals surface area contributed by atoms with Crippen LogP contribution in [0.2, 0.25) is 0 Å². The third kappa shape index (κ3) is 4.11. The second-order valence-corrected chi connectivity index (χ2v) is 5.66. The number of carbonyl (C=O) groups excluding carboxylic acids is 1. The summed E-state index contributed by atoms with van der Waals surface area (Å²) in [5.74, 6) is 2.03. The highest BCUT2D eigenvalue weighted by Gasteiger charge is 2.36. The molecule has 1 fully saturated rings. The summed E-state index contributed by atoms with van der Waals surface area (Å²) in [6, 6.07) is 3.72. The molecule has 1 aromatic rings. The molecule has 1 saturated carbocycles. The van der Waals surface area contributed by atoms with Crippen LogP contribution >= 0.6 is 0 Å². The van der Waals surface area contributed by atoms with Crippen molar-refractivity contribution in [2.24, 2.45) is 5.92 Å². The van der Waals surface area contributed by atoms with Crippen LogP contribution in [0.1, 0.15) is 50.5 Å². The Morgan fingerprint density at radius 2 is 2.20 bits per heavy atom. The van der Waals surface area contributed by atoms with Crippen LogP contribution in [0.25, 0.3) is 0 Å². The van der Waals surface area contributed by atoms with E-state index in [9.17, 15) is 9.59 Å². The zero-order valence-electron chi connectivity index (χ0n) is 11.9. The highest BCUT2D eigenvalue weighted by Crippen LogP contribution is 2.47. The molecule has 20 heavy (non-hydrogen) atoms. The molecule has 1 aromatic heterocycles. The summed E-state index contributed by atoms with van der Waals surface area (Å²) >= 11 is 0. The molecule has 3 unspecified atom stereocenters. The molecule has 1 aliphatic rings. The van der Waals surface area contributed by atoms with Gasteiger partial charge in [0, 0.05) is 31.7 Å². The number of carboxylic acid groups (broad SMARTS) is 1. The van der Waals surface area contributed by atoms with Crippen LogP contribution in [0.3, 0.4) is 0 Å².